The van der Waals surface area contributed by atoms with E-state index in [1.54, 1.807) is 0 Å². The van der Waals surface area contributed by atoms with E-state index in [1.165, 1.54) is 31.7 Å². The molecule has 1 aromatic heterocycles. The molecule has 0 bridgehead atoms. The van der Waals surface area contributed by atoms with Crippen LogP contribution in [-0.2, 0) is 0 Å². The Labute approximate surface area is 88.7 Å². The molecule has 1 aliphatic rings. The monoisotopic (exact) mass is 208 g/mol. The Hall–Kier alpha value is -1.32. The van der Waals surface area contributed by atoms with Crippen LogP contribution in [0.1, 0.15) is 32.6 Å². The SMILES string of the molecule is CC1CCCCC1Oc1cc(=O)[nH]cn1. The lowest BCUT2D eigenvalue weighted by Crippen LogP contribution is -2.29. The molecule has 1 saturated carbocycles. The lowest BCUT2D eigenvalue weighted by molar-refractivity contribution is 0.0973. The van der Waals surface area contributed by atoms with Gasteiger partial charge in [0.1, 0.15) is 6.10 Å². The van der Waals surface area contributed by atoms with E-state index in [0.717, 1.165) is 6.42 Å². The van der Waals surface area contributed by atoms with Crippen LogP contribution in [0.2, 0.25) is 0 Å². The minimum Gasteiger partial charge on any atom is -0.474 e. The first-order valence-electron chi connectivity index (χ1n) is 5.47. The van der Waals surface area contributed by atoms with Gasteiger partial charge in [-0.15, -0.1) is 0 Å². The fourth-order valence-corrected chi connectivity index (χ4v) is 2.03. The Bertz CT molecular complexity index is 375. The maximum Gasteiger partial charge on any atom is 0.254 e. The van der Waals surface area contributed by atoms with Crippen molar-refractivity contribution >= 4 is 0 Å². The Kier molecular flexibility index (Phi) is 3.04. The fraction of sp³-hybridized carbons (Fsp3) is 0.636. The van der Waals surface area contributed by atoms with E-state index >= 15 is 0 Å². The number of hydrogen-bond donors (Lipinski definition) is 1. The largest absolute Gasteiger partial charge is 0.474 e. The predicted octanol–water partition coefficient (Wildman–Crippen LogP) is 1.73. The van der Waals surface area contributed by atoms with Crippen molar-refractivity contribution < 1.29 is 4.74 Å². The van der Waals surface area contributed by atoms with E-state index < -0.39 is 0 Å². The van der Waals surface area contributed by atoms with Crippen LogP contribution in [0, 0.1) is 5.92 Å². The summed E-state index contributed by atoms with van der Waals surface area (Å²) < 4.78 is 5.72. The molecule has 0 saturated heterocycles. The second-order valence-electron chi connectivity index (χ2n) is 4.17. The molecule has 1 fully saturated rings. The molecule has 1 heterocycles. The summed E-state index contributed by atoms with van der Waals surface area (Å²) in [6.45, 7) is 2.19. The number of H-pyrrole nitrogens is 1. The first-order valence-corrected chi connectivity index (χ1v) is 5.47. The van der Waals surface area contributed by atoms with Gasteiger partial charge in [-0.2, -0.15) is 0 Å². The summed E-state index contributed by atoms with van der Waals surface area (Å²) in [7, 11) is 0. The highest BCUT2D eigenvalue weighted by atomic mass is 16.5. The number of aromatic nitrogens is 2. The van der Waals surface area contributed by atoms with Gasteiger partial charge in [0.25, 0.3) is 5.56 Å². The molecule has 4 heteroatoms. The molecule has 1 aliphatic carbocycles. The second kappa shape index (κ2) is 4.47. The van der Waals surface area contributed by atoms with Gasteiger partial charge in [0.2, 0.25) is 5.88 Å². The molecule has 0 spiro atoms. The first kappa shape index (κ1) is 10.2. The molecule has 15 heavy (non-hydrogen) atoms. The van der Waals surface area contributed by atoms with Crippen LogP contribution in [0.15, 0.2) is 17.2 Å². The molecular weight excluding hydrogens is 192 g/mol. The highest BCUT2D eigenvalue weighted by molar-refractivity contribution is 5.05. The average molecular weight is 208 g/mol. The summed E-state index contributed by atoms with van der Waals surface area (Å²) in [6, 6.07) is 1.40. The molecule has 0 aromatic carbocycles. The van der Waals surface area contributed by atoms with Gasteiger partial charge in [-0.1, -0.05) is 13.3 Å². The van der Waals surface area contributed by atoms with Crippen molar-refractivity contribution in [2.75, 3.05) is 0 Å². The molecular formula is C11H16N2O2. The van der Waals surface area contributed by atoms with Crippen molar-refractivity contribution in [1.82, 2.24) is 9.97 Å². The van der Waals surface area contributed by atoms with Gasteiger partial charge >= 0.3 is 0 Å². The van der Waals surface area contributed by atoms with Crippen LogP contribution in [0.5, 0.6) is 5.88 Å². The van der Waals surface area contributed by atoms with Gasteiger partial charge < -0.3 is 9.72 Å². The zero-order valence-corrected chi connectivity index (χ0v) is 8.90. The van der Waals surface area contributed by atoms with Crippen molar-refractivity contribution in [2.45, 2.75) is 38.7 Å². The van der Waals surface area contributed by atoms with Crippen LogP contribution in [-0.4, -0.2) is 16.1 Å². The van der Waals surface area contributed by atoms with E-state index in [1.807, 2.05) is 0 Å². The summed E-state index contributed by atoms with van der Waals surface area (Å²) >= 11 is 0. The fourth-order valence-electron chi connectivity index (χ4n) is 2.03. The molecule has 2 unspecified atom stereocenters. The van der Waals surface area contributed by atoms with Crippen LogP contribution in [0.4, 0.5) is 0 Å². The molecule has 1 N–H and O–H groups in total. The molecule has 4 nitrogen and oxygen atoms in total. The van der Waals surface area contributed by atoms with E-state index in [-0.39, 0.29) is 11.7 Å². The van der Waals surface area contributed by atoms with Gasteiger partial charge in [-0.25, -0.2) is 4.98 Å². The summed E-state index contributed by atoms with van der Waals surface area (Å²) in [6.07, 6.45) is 6.35. The van der Waals surface area contributed by atoms with Crippen LogP contribution < -0.4 is 10.3 Å². The Morgan fingerprint density at radius 3 is 3.00 bits per heavy atom. The van der Waals surface area contributed by atoms with Crippen LogP contribution in [0.25, 0.3) is 0 Å². The van der Waals surface area contributed by atoms with E-state index in [2.05, 4.69) is 16.9 Å². The lowest BCUT2D eigenvalue weighted by atomic mass is 9.88. The minimum absolute atomic E-state index is 0.163. The lowest BCUT2D eigenvalue weighted by Gasteiger charge is -2.28. The smallest absolute Gasteiger partial charge is 0.254 e. The first-order chi connectivity index (χ1) is 7.25. The molecule has 0 radical (unpaired) electrons. The number of ether oxygens (including phenoxy) is 1. The summed E-state index contributed by atoms with van der Waals surface area (Å²) in [5, 5.41) is 0. The Morgan fingerprint density at radius 2 is 2.27 bits per heavy atom. The van der Waals surface area contributed by atoms with Crippen molar-refractivity contribution in [2.24, 2.45) is 5.92 Å². The molecule has 2 atom stereocenters. The minimum atomic E-state index is -0.163. The molecule has 2 rings (SSSR count). The maximum absolute atomic E-state index is 11.0. The highest BCUT2D eigenvalue weighted by Crippen LogP contribution is 2.26. The number of aromatic amines is 1. The number of nitrogens with one attached hydrogen (secondary N) is 1. The Morgan fingerprint density at radius 1 is 1.47 bits per heavy atom. The van der Waals surface area contributed by atoms with Gasteiger partial charge in [0.05, 0.1) is 12.4 Å². The zero-order valence-electron chi connectivity index (χ0n) is 8.90. The van der Waals surface area contributed by atoms with E-state index in [4.69, 9.17) is 4.74 Å². The third-order valence-electron chi connectivity index (χ3n) is 2.96. The van der Waals surface area contributed by atoms with Crippen molar-refractivity contribution in [3.05, 3.63) is 22.7 Å². The van der Waals surface area contributed by atoms with Gasteiger partial charge in [0, 0.05) is 0 Å². The molecule has 0 aliphatic heterocycles. The zero-order chi connectivity index (χ0) is 10.7. The summed E-state index contributed by atoms with van der Waals surface area (Å²) in [5.74, 6) is 0.998. The molecule has 0 amide bonds. The topological polar surface area (TPSA) is 55.0 Å². The normalized spacial score (nSPS) is 26.2. The standard InChI is InChI=1S/C11H16N2O2/c1-8-4-2-3-5-9(8)15-11-6-10(14)12-7-13-11/h6-9H,2-5H2,1H3,(H,12,13,14). The van der Waals surface area contributed by atoms with Crippen molar-refractivity contribution in [1.29, 1.82) is 0 Å². The number of nitrogens with zero attached hydrogens (tertiary/aromatic N) is 1. The van der Waals surface area contributed by atoms with Crippen LogP contribution >= 0.6 is 0 Å². The summed E-state index contributed by atoms with van der Waals surface area (Å²) in [4.78, 5) is 17.5. The maximum atomic E-state index is 11.0. The van der Waals surface area contributed by atoms with E-state index in [0.29, 0.717) is 11.8 Å². The number of rotatable bonds is 2. The van der Waals surface area contributed by atoms with E-state index in [9.17, 15) is 4.79 Å². The quantitative estimate of drug-likeness (QED) is 0.805. The van der Waals surface area contributed by atoms with Crippen molar-refractivity contribution in [3.63, 3.8) is 0 Å². The van der Waals surface area contributed by atoms with Crippen molar-refractivity contribution in [3.8, 4) is 5.88 Å². The van der Waals surface area contributed by atoms with Crippen LogP contribution in [0.3, 0.4) is 0 Å². The Balaban J connectivity index is 2.04. The molecule has 82 valence electrons. The average Bonchev–Trinajstić information content (AvgIpc) is 2.22. The highest BCUT2D eigenvalue weighted by Gasteiger charge is 2.23. The second-order valence-corrected chi connectivity index (χ2v) is 4.17. The third kappa shape index (κ3) is 2.58. The predicted molar refractivity (Wildman–Crippen MR) is 56.9 cm³/mol. The van der Waals surface area contributed by atoms with Gasteiger partial charge in [-0.05, 0) is 25.2 Å². The molecule has 1 aromatic rings. The third-order valence-corrected chi connectivity index (χ3v) is 2.96. The van der Waals surface area contributed by atoms with Gasteiger partial charge in [-0.3, -0.25) is 4.79 Å². The number of hydrogen-bond acceptors (Lipinski definition) is 3. The summed E-state index contributed by atoms with van der Waals surface area (Å²) in [5.41, 5.74) is -0.163. The van der Waals surface area contributed by atoms with Gasteiger partial charge in [0.15, 0.2) is 0 Å².